The Bertz CT molecular complexity index is 1450. The lowest BCUT2D eigenvalue weighted by molar-refractivity contribution is 0.100. The molecule has 0 saturated heterocycles. The predicted molar refractivity (Wildman–Crippen MR) is 129 cm³/mol. The lowest BCUT2D eigenvalue weighted by Crippen LogP contribution is -2.11. The molecular formula is C27H21ClN2O. The van der Waals surface area contributed by atoms with E-state index in [0.29, 0.717) is 17.1 Å². The van der Waals surface area contributed by atoms with Gasteiger partial charge in [0.05, 0.1) is 11.0 Å². The first-order valence-electron chi connectivity index (χ1n) is 10.2. The minimum atomic E-state index is -0.415. The van der Waals surface area contributed by atoms with Gasteiger partial charge in [0, 0.05) is 27.9 Å². The number of amides is 1. The lowest BCUT2D eigenvalue weighted by atomic mass is 10.0. The van der Waals surface area contributed by atoms with E-state index >= 15 is 0 Å². The average Bonchev–Trinajstić information content (AvgIpc) is 3.09. The van der Waals surface area contributed by atoms with Crippen LogP contribution < -0.4 is 5.73 Å². The number of hydrogen-bond donors (Lipinski definition) is 1. The van der Waals surface area contributed by atoms with Crippen molar-refractivity contribution in [2.24, 2.45) is 5.73 Å². The molecule has 2 N–H and O–H groups in total. The third-order valence-corrected chi connectivity index (χ3v) is 6.18. The van der Waals surface area contributed by atoms with Gasteiger partial charge in [-0.3, -0.25) is 4.79 Å². The van der Waals surface area contributed by atoms with Crippen LogP contribution in [-0.2, 0) is 6.54 Å². The van der Waals surface area contributed by atoms with Gasteiger partial charge < -0.3 is 10.3 Å². The van der Waals surface area contributed by atoms with Crippen molar-refractivity contribution >= 4 is 39.3 Å². The molecule has 5 rings (SSSR count). The summed E-state index contributed by atoms with van der Waals surface area (Å²) in [6.07, 6.45) is 0. The number of hydrogen-bond acceptors (Lipinski definition) is 1. The van der Waals surface area contributed by atoms with Crippen LogP contribution in [0.15, 0.2) is 84.9 Å². The summed E-state index contributed by atoms with van der Waals surface area (Å²) in [5.74, 6) is -0.415. The fourth-order valence-corrected chi connectivity index (χ4v) is 4.43. The van der Waals surface area contributed by atoms with E-state index < -0.39 is 5.91 Å². The Balaban J connectivity index is 1.81. The largest absolute Gasteiger partial charge is 0.366 e. The van der Waals surface area contributed by atoms with Crippen LogP contribution in [0.4, 0.5) is 0 Å². The zero-order valence-electron chi connectivity index (χ0n) is 17.1. The first kappa shape index (κ1) is 19.4. The summed E-state index contributed by atoms with van der Waals surface area (Å²) in [4.78, 5) is 12.2. The molecule has 5 aromatic rings. The van der Waals surface area contributed by atoms with E-state index in [4.69, 9.17) is 17.3 Å². The molecule has 1 amide bonds. The summed E-state index contributed by atoms with van der Waals surface area (Å²) < 4.78 is 2.28. The van der Waals surface area contributed by atoms with Gasteiger partial charge in [0.15, 0.2) is 0 Å². The number of nitrogens with zero attached hydrogens (tertiary/aromatic N) is 1. The molecule has 0 bridgehead atoms. The number of carbonyl (C=O) groups is 1. The monoisotopic (exact) mass is 424 g/mol. The maximum absolute atomic E-state index is 12.2. The molecule has 3 nitrogen and oxygen atoms in total. The number of halogens is 1. The summed E-state index contributed by atoms with van der Waals surface area (Å²) in [5.41, 5.74) is 13.0. The van der Waals surface area contributed by atoms with Crippen molar-refractivity contribution in [1.82, 2.24) is 4.57 Å². The second-order valence-electron chi connectivity index (χ2n) is 7.82. The van der Waals surface area contributed by atoms with Crippen LogP contribution in [0.2, 0.25) is 5.02 Å². The molecule has 0 aliphatic rings. The van der Waals surface area contributed by atoms with Crippen LogP contribution in [0.5, 0.6) is 0 Å². The number of aromatic nitrogens is 1. The van der Waals surface area contributed by atoms with Gasteiger partial charge in [0.25, 0.3) is 0 Å². The van der Waals surface area contributed by atoms with E-state index in [1.54, 1.807) is 6.07 Å². The number of benzene rings is 4. The second-order valence-corrected chi connectivity index (χ2v) is 8.25. The van der Waals surface area contributed by atoms with Gasteiger partial charge in [-0.05, 0) is 59.5 Å². The second kappa shape index (κ2) is 7.60. The van der Waals surface area contributed by atoms with Crippen LogP contribution in [0.1, 0.15) is 21.5 Å². The Hall–Kier alpha value is -3.56. The highest BCUT2D eigenvalue weighted by Gasteiger charge is 2.17. The smallest absolute Gasteiger partial charge is 0.249 e. The Labute approximate surface area is 185 Å². The normalized spacial score (nSPS) is 11.3. The van der Waals surface area contributed by atoms with Crippen molar-refractivity contribution in [1.29, 1.82) is 0 Å². The molecule has 0 aliphatic carbocycles. The fraction of sp³-hybridized carbons (Fsp3) is 0.0741. The van der Waals surface area contributed by atoms with E-state index in [2.05, 4.69) is 60.0 Å². The molecule has 4 aromatic carbocycles. The molecule has 31 heavy (non-hydrogen) atoms. The zero-order chi connectivity index (χ0) is 21.5. The molecule has 0 saturated carbocycles. The predicted octanol–water partition coefficient (Wildman–Crippen LogP) is 6.57. The summed E-state index contributed by atoms with van der Waals surface area (Å²) in [6.45, 7) is 2.83. The SMILES string of the molecule is Cc1ccccc1Cn1c2cc(-c3ccc(Cl)cc3)ccc2c2c(C(N)=O)cccc21. The maximum atomic E-state index is 12.2. The van der Waals surface area contributed by atoms with Crippen molar-refractivity contribution in [3.05, 3.63) is 107 Å². The zero-order valence-corrected chi connectivity index (χ0v) is 17.9. The number of primary amides is 1. The molecule has 0 radical (unpaired) electrons. The Kier molecular flexibility index (Phi) is 4.76. The number of aryl methyl sites for hydroxylation is 1. The fourth-order valence-electron chi connectivity index (χ4n) is 4.30. The minimum absolute atomic E-state index is 0.415. The third-order valence-electron chi connectivity index (χ3n) is 5.92. The van der Waals surface area contributed by atoms with Crippen LogP contribution in [0, 0.1) is 6.92 Å². The summed E-state index contributed by atoms with van der Waals surface area (Å²) in [6, 6.07) is 28.3. The van der Waals surface area contributed by atoms with Crippen molar-refractivity contribution in [3.63, 3.8) is 0 Å². The van der Waals surface area contributed by atoms with Gasteiger partial charge >= 0.3 is 0 Å². The third kappa shape index (κ3) is 3.37. The van der Waals surface area contributed by atoms with Gasteiger partial charge in [0.1, 0.15) is 0 Å². The first-order valence-corrected chi connectivity index (χ1v) is 10.6. The molecule has 0 fully saturated rings. The van der Waals surface area contributed by atoms with E-state index in [1.807, 2.05) is 30.3 Å². The number of nitrogens with two attached hydrogens (primary N) is 1. The van der Waals surface area contributed by atoms with Crippen LogP contribution in [0.25, 0.3) is 32.9 Å². The average molecular weight is 425 g/mol. The van der Waals surface area contributed by atoms with E-state index in [1.165, 1.54) is 11.1 Å². The highest BCUT2D eigenvalue weighted by atomic mass is 35.5. The Morgan fingerprint density at radius 3 is 2.35 bits per heavy atom. The standard InChI is InChI=1S/C27H21ClN2O/c1-17-5-2-3-6-20(17)16-30-24-8-4-7-23(27(29)31)26(24)22-14-11-19(15-25(22)30)18-9-12-21(28)13-10-18/h2-15H,16H2,1H3,(H2,29,31). The van der Waals surface area contributed by atoms with Crippen LogP contribution in [-0.4, -0.2) is 10.5 Å². The van der Waals surface area contributed by atoms with Gasteiger partial charge in [-0.2, -0.15) is 0 Å². The number of carbonyl (C=O) groups excluding carboxylic acids is 1. The maximum Gasteiger partial charge on any atom is 0.249 e. The van der Waals surface area contributed by atoms with Gasteiger partial charge in [-0.15, -0.1) is 0 Å². The number of fused-ring (bicyclic) bond motifs is 3. The summed E-state index contributed by atoms with van der Waals surface area (Å²) >= 11 is 6.08. The van der Waals surface area contributed by atoms with E-state index in [9.17, 15) is 4.79 Å². The number of rotatable bonds is 4. The topological polar surface area (TPSA) is 48.0 Å². The molecule has 0 unspecified atom stereocenters. The van der Waals surface area contributed by atoms with Crippen LogP contribution in [0.3, 0.4) is 0 Å². The highest BCUT2D eigenvalue weighted by molar-refractivity contribution is 6.30. The molecule has 0 spiro atoms. The molecule has 1 heterocycles. The quantitative estimate of drug-likeness (QED) is 0.348. The van der Waals surface area contributed by atoms with Gasteiger partial charge in [0.2, 0.25) is 5.91 Å². The van der Waals surface area contributed by atoms with E-state index in [-0.39, 0.29) is 0 Å². The summed E-state index contributed by atoms with van der Waals surface area (Å²) in [7, 11) is 0. The van der Waals surface area contributed by atoms with E-state index in [0.717, 1.165) is 32.9 Å². The van der Waals surface area contributed by atoms with Crippen LogP contribution >= 0.6 is 11.6 Å². The Morgan fingerprint density at radius 2 is 1.61 bits per heavy atom. The molecule has 0 aliphatic heterocycles. The molecule has 0 atom stereocenters. The molecule has 1 aromatic heterocycles. The van der Waals surface area contributed by atoms with Crippen molar-refractivity contribution in [2.45, 2.75) is 13.5 Å². The van der Waals surface area contributed by atoms with Gasteiger partial charge in [-0.25, -0.2) is 0 Å². The van der Waals surface area contributed by atoms with Gasteiger partial charge in [-0.1, -0.05) is 66.2 Å². The summed E-state index contributed by atoms with van der Waals surface area (Å²) in [5, 5.41) is 2.64. The molecule has 152 valence electrons. The lowest BCUT2D eigenvalue weighted by Gasteiger charge is -2.11. The van der Waals surface area contributed by atoms with Crippen molar-refractivity contribution in [2.75, 3.05) is 0 Å². The molecule has 4 heteroatoms. The molecular weight excluding hydrogens is 404 g/mol. The first-order chi connectivity index (χ1) is 15.0. The van der Waals surface area contributed by atoms with Crippen molar-refractivity contribution < 1.29 is 4.79 Å². The highest BCUT2D eigenvalue weighted by Crippen LogP contribution is 2.35. The Morgan fingerprint density at radius 1 is 0.871 bits per heavy atom. The minimum Gasteiger partial charge on any atom is -0.366 e. The van der Waals surface area contributed by atoms with Crippen molar-refractivity contribution in [3.8, 4) is 11.1 Å².